The third-order valence-corrected chi connectivity index (χ3v) is 6.16. The highest BCUT2D eigenvalue weighted by atomic mass is 35.5. The first-order valence-electron chi connectivity index (χ1n) is 6.51. The first-order valence-corrected chi connectivity index (χ1v) is 9.26. The van der Waals surface area contributed by atoms with Crippen molar-refractivity contribution in [1.29, 1.82) is 0 Å². The van der Waals surface area contributed by atoms with Crippen molar-refractivity contribution in [3.8, 4) is 5.69 Å². The fourth-order valence-corrected chi connectivity index (χ4v) is 4.48. The first-order chi connectivity index (χ1) is 11.4. The zero-order valence-electron chi connectivity index (χ0n) is 11.9. The Kier molecular flexibility index (Phi) is 4.31. The molecule has 0 aliphatic rings. The van der Waals surface area contributed by atoms with E-state index in [4.69, 9.17) is 16.7 Å². The van der Waals surface area contributed by atoms with E-state index in [1.165, 1.54) is 10.1 Å². The number of anilines is 1. The van der Waals surface area contributed by atoms with Gasteiger partial charge in [-0.2, -0.15) is 5.10 Å². The van der Waals surface area contributed by atoms with E-state index in [-0.39, 0.29) is 15.5 Å². The number of aromatic nitrogens is 2. The van der Waals surface area contributed by atoms with Crippen molar-refractivity contribution >= 4 is 44.6 Å². The summed E-state index contributed by atoms with van der Waals surface area (Å²) in [6.07, 6.45) is 3.17. The number of rotatable bonds is 5. The number of nitrogens with one attached hydrogen (secondary N) is 1. The molecule has 2 N–H and O–H groups in total. The lowest BCUT2D eigenvalue weighted by Gasteiger charge is -2.13. The van der Waals surface area contributed by atoms with Gasteiger partial charge < -0.3 is 5.11 Å². The SMILES string of the molecule is O=C(O)c1csc(S(=O)(=O)Nc2cccc(Cl)c2-n2cccn2)c1. The zero-order valence-corrected chi connectivity index (χ0v) is 14.3. The van der Waals surface area contributed by atoms with Crippen molar-refractivity contribution in [2.75, 3.05) is 4.72 Å². The number of nitrogens with zero attached hydrogens (tertiary/aromatic N) is 2. The van der Waals surface area contributed by atoms with Crippen LogP contribution >= 0.6 is 22.9 Å². The van der Waals surface area contributed by atoms with E-state index >= 15 is 0 Å². The normalized spacial score (nSPS) is 11.4. The van der Waals surface area contributed by atoms with E-state index in [0.29, 0.717) is 10.7 Å². The predicted molar refractivity (Wildman–Crippen MR) is 90.7 cm³/mol. The fraction of sp³-hybridized carbons (Fsp3) is 0. The van der Waals surface area contributed by atoms with Crippen LogP contribution in [0.5, 0.6) is 0 Å². The molecule has 24 heavy (non-hydrogen) atoms. The molecule has 0 radical (unpaired) electrons. The third kappa shape index (κ3) is 3.14. The molecule has 0 saturated carbocycles. The minimum absolute atomic E-state index is 0.0845. The van der Waals surface area contributed by atoms with Crippen molar-refractivity contribution in [3.63, 3.8) is 0 Å². The second-order valence-electron chi connectivity index (χ2n) is 4.65. The van der Waals surface area contributed by atoms with E-state index in [2.05, 4.69) is 9.82 Å². The number of thiophene rings is 1. The van der Waals surface area contributed by atoms with Crippen molar-refractivity contribution < 1.29 is 18.3 Å². The second-order valence-corrected chi connectivity index (χ2v) is 7.88. The number of hydrogen-bond donors (Lipinski definition) is 2. The molecule has 0 fully saturated rings. The lowest BCUT2D eigenvalue weighted by molar-refractivity contribution is 0.0697. The van der Waals surface area contributed by atoms with Crippen molar-refractivity contribution in [1.82, 2.24) is 9.78 Å². The van der Waals surface area contributed by atoms with Crippen LogP contribution in [0.25, 0.3) is 5.69 Å². The molecule has 0 aliphatic carbocycles. The van der Waals surface area contributed by atoms with Gasteiger partial charge in [-0.1, -0.05) is 17.7 Å². The number of carboxylic acid groups (broad SMARTS) is 1. The maximum atomic E-state index is 12.5. The zero-order chi connectivity index (χ0) is 17.3. The number of aromatic carboxylic acids is 1. The van der Waals surface area contributed by atoms with Gasteiger partial charge in [0.15, 0.2) is 0 Å². The molecule has 1 aromatic carbocycles. The molecule has 0 bridgehead atoms. The molecule has 3 aromatic rings. The average Bonchev–Trinajstić information content (AvgIpc) is 3.19. The predicted octanol–water partition coefficient (Wildman–Crippen LogP) is 3.09. The van der Waals surface area contributed by atoms with Crippen LogP contribution in [0.3, 0.4) is 0 Å². The Morgan fingerprint density at radius 1 is 1.33 bits per heavy atom. The molecule has 7 nitrogen and oxygen atoms in total. The second kappa shape index (κ2) is 6.27. The van der Waals surface area contributed by atoms with Crippen LogP contribution < -0.4 is 4.72 Å². The van der Waals surface area contributed by atoms with Gasteiger partial charge >= 0.3 is 5.97 Å². The molecule has 0 aliphatic heterocycles. The molecule has 124 valence electrons. The highest BCUT2D eigenvalue weighted by Crippen LogP contribution is 2.31. The summed E-state index contributed by atoms with van der Waals surface area (Å²) in [6, 6.07) is 7.55. The van der Waals surface area contributed by atoms with Gasteiger partial charge in [0.05, 0.1) is 16.3 Å². The van der Waals surface area contributed by atoms with Crippen LogP contribution in [-0.2, 0) is 10.0 Å². The maximum absolute atomic E-state index is 12.5. The van der Waals surface area contributed by atoms with Crippen LogP contribution in [0, 0.1) is 0 Å². The van der Waals surface area contributed by atoms with Gasteiger partial charge in [0.2, 0.25) is 0 Å². The van der Waals surface area contributed by atoms with E-state index in [0.717, 1.165) is 17.4 Å². The number of hydrogen-bond acceptors (Lipinski definition) is 5. The van der Waals surface area contributed by atoms with Gasteiger partial charge in [-0.3, -0.25) is 4.72 Å². The van der Waals surface area contributed by atoms with Crippen LogP contribution in [0.4, 0.5) is 5.69 Å². The Hall–Kier alpha value is -2.36. The van der Waals surface area contributed by atoms with Crippen LogP contribution in [0.15, 0.2) is 52.3 Å². The van der Waals surface area contributed by atoms with E-state index in [1.54, 1.807) is 36.7 Å². The summed E-state index contributed by atoms with van der Waals surface area (Å²) in [5, 5.41) is 14.6. The van der Waals surface area contributed by atoms with Crippen LogP contribution in [0.1, 0.15) is 10.4 Å². The van der Waals surface area contributed by atoms with Crippen molar-refractivity contribution in [3.05, 3.63) is 58.7 Å². The van der Waals surface area contributed by atoms with Crippen molar-refractivity contribution in [2.45, 2.75) is 4.21 Å². The highest BCUT2D eigenvalue weighted by molar-refractivity contribution is 7.94. The van der Waals surface area contributed by atoms with Gasteiger partial charge in [-0.15, -0.1) is 11.3 Å². The lowest BCUT2D eigenvalue weighted by atomic mass is 10.3. The Bertz CT molecular complexity index is 997. The maximum Gasteiger partial charge on any atom is 0.336 e. The molecular weight excluding hydrogens is 374 g/mol. The summed E-state index contributed by atoms with van der Waals surface area (Å²) in [5.74, 6) is -1.19. The Morgan fingerprint density at radius 3 is 2.75 bits per heavy atom. The quantitative estimate of drug-likeness (QED) is 0.705. The molecule has 3 rings (SSSR count). The fourth-order valence-electron chi connectivity index (χ4n) is 2.00. The average molecular weight is 384 g/mol. The van der Waals surface area contributed by atoms with Crippen LogP contribution in [0.2, 0.25) is 5.02 Å². The molecule has 2 heterocycles. The standard InChI is InChI=1S/C14H10ClN3O4S2/c15-10-3-1-4-11(13(10)18-6-2-5-16-18)17-24(21,22)12-7-9(8-23-12)14(19)20/h1-8,17H,(H,19,20). The number of carbonyl (C=O) groups is 1. The van der Waals surface area contributed by atoms with E-state index in [9.17, 15) is 13.2 Å². The van der Waals surface area contributed by atoms with E-state index < -0.39 is 16.0 Å². The van der Waals surface area contributed by atoms with Gasteiger partial charge in [0.1, 0.15) is 9.90 Å². The summed E-state index contributed by atoms with van der Waals surface area (Å²) in [6.45, 7) is 0. The van der Waals surface area contributed by atoms with E-state index in [1.807, 2.05) is 0 Å². The number of carboxylic acids is 1. The number of halogens is 1. The summed E-state index contributed by atoms with van der Waals surface area (Å²) in [4.78, 5) is 10.9. The monoisotopic (exact) mass is 383 g/mol. The lowest BCUT2D eigenvalue weighted by Crippen LogP contribution is -2.14. The van der Waals surface area contributed by atoms with Gasteiger partial charge in [-0.25, -0.2) is 17.9 Å². The largest absolute Gasteiger partial charge is 0.478 e. The molecule has 0 amide bonds. The summed E-state index contributed by atoms with van der Waals surface area (Å²) in [5.41, 5.74) is 0.526. The summed E-state index contributed by atoms with van der Waals surface area (Å²) in [7, 11) is -3.95. The molecule has 0 atom stereocenters. The topological polar surface area (TPSA) is 101 Å². The van der Waals surface area contributed by atoms with Crippen molar-refractivity contribution in [2.24, 2.45) is 0 Å². The molecule has 0 spiro atoms. The summed E-state index contributed by atoms with van der Waals surface area (Å²) < 4.78 is 28.8. The molecule has 10 heteroatoms. The Morgan fingerprint density at radius 2 is 2.12 bits per heavy atom. The van der Waals surface area contributed by atoms with Crippen LogP contribution in [-0.4, -0.2) is 29.3 Å². The highest BCUT2D eigenvalue weighted by Gasteiger charge is 2.21. The Labute approximate surface area is 146 Å². The Balaban J connectivity index is 2.02. The molecule has 0 unspecified atom stereocenters. The van der Waals surface area contributed by atoms with Gasteiger partial charge in [0, 0.05) is 17.8 Å². The number of benzene rings is 1. The summed E-state index contributed by atoms with van der Waals surface area (Å²) >= 11 is 7.00. The number of para-hydroxylation sites is 1. The van der Waals surface area contributed by atoms with Gasteiger partial charge in [0.25, 0.3) is 10.0 Å². The molecular formula is C14H10ClN3O4S2. The minimum atomic E-state index is -3.95. The first kappa shape index (κ1) is 16.5. The smallest absolute Gasteiger partial charge is 0.336 e. The number of sulfonamides is 1. The molecule has 0 saturated heterocycles. The third-order valence-electron chi connectivity index (χ3n) is 3.05. The molecule has 2 aromatic heterocycles. The van der Waals surface area contributed by atoms with Gasteiger partial charge in [-0.05, 0) is 24.3 Å². The minimum Gasteiger partial charge on any atom is -0.478 e.